The number of unbranched alkanes of at least 4 members (excludes halogenated alkanes) is 2. The van der Waals surface area contributed by atoms with Crippen molar-refractivity contribution in [2.75, 3.05) is 19.7 Å². The summed E-state index contributed by atoms with van der Waals surface area (Å²) in [5.41, 5.74) is 28.5. The van der Waals surface area contributed by atoms with E-state index in [-0.39, 0.29) is 49.7 Å². The predicted molar refractivity (Wildman–Crippen MR) is 282 cm³/mol. The van der Waals surface area contributed by atoms with Crippen molar-refractivity contribution in [1.82, 2.24) is 42.5 Å². The number of phenolic OH excluding ortho intramolecular Hbond substituents is 1. The van der Waals surface area contributed by atoms with Crippen molar-refractivity contribution in [2.24, 2.45) is 46.4 Å². The van der Waals surface area contributed by atoms with Gasteiger partial charge in [0.25, 0.3) is 0 Å². The van der Waals surface area contributed by atoms with E-state index in [0.717, 1.165) is 0 Å². The molecule has 0 saturated carbocycles. The second-order valence-electron chi connectivity index (χ2n) is 20.0. The molecule has 1 aromatic rings. The van der Waals surface area contributed by atoms with Crippen LogP contribution in [-0.4, -0.2) is 154 Å². The van der Waals surface area contributed by atoms with Gasteiger partial charge in [0.1, 0.15) is 54.1 Å². The number of nitrogens with two attached hydrogens (primary N) is 5. The Labute approximate surface area is 449 Å². The number of carbonyl (C=O) groups excluding carboxylic acids is 10. The zero-order chi connectivity index (χ0) is 58.5. The Hall–Kier alpha value is -6.97. The number of aromatic hydroxyl groups is 1. The minimum Gasteiger partial charge on any atom is -0.508 e. The number of aliphatic carboxylic acids is 1. The normalized spacial score (nSPS) is 15.1. The largest absolute Gasteiger partial charge is 0.508 e. The van der Waals surface area contributed by atoms with Gasteiger partial charge in [0.2, 0.25) is 59.1 Å². The Kier molecular flexibility index (Phi) is 31.3. The Balaban J connectivity index is 3.49. The SMILES string of the molecule is CCC(C)C(NC(=O)C(CO)NC(=O)C(CC(N)=O)NC(=O)C(CC(C)C)NC(=O)C(Cc1ccc(O)cc1)NC(=O)C(CCCCN)NC(=O)C(N)CCCCN)C(=O)NC(CC(C)C)C(=O)NC(CC(N)=O)C(=O)O. The fourth-order valence-electron chi connectivity index (χ4n) is 7.75. The maximum absolute atomic E-state index is 14.3. The molecule has 0 aliphatic carbocycles. The third-order valence-corrected chi connectivity index (χ3v) is 12.2. The van der Waals surface area contributed by atoms with Gasteiger partial charge in [-0.05, 0) is 93.5 Å². The Bertz CT molecular complexity index is 2130. The molecule has 27 nitrogen and oxygen atoms in total. The number of aliphatic hydroxyl groups is 1. The molecule has 434 valence electrons. The number of amides is 10. The lowest BCUT2D eigenvalue weighted by atomic mass is 9.96. The van der Waals surface area contributed by atoms with Gasteiger partial charge in [-0.3, -0.25) is 47.9 Å². The van der Waals surface area contributed by atoms with Crippen LogP contribution in [-0.2, 0) is 59.2 Å². The zero-order valence-corrected chi connectivity index (χ0v) is 45.1. The van der Waals surface area contributed by atoms with E-state index in [2.05, 4.69) is 42.5 Å². The molecule has 0 bridgehead atoms. The average molecular weight is 1090 g/mol. The molecule has 77 heavy (non-hydrogen) atoms. The number of phenols is 1. The first kappa shape index (κ1) is 68.0. The molecule has 10 amide bonds. The number of hydrogen-bond donors (Lipinski definition) is 16. The molecule has 0 aliphatic rings. The molecule has 0 radical (unpaired) electrons. The van der Waals surface area contributed by atoms with E-state index in [4.69, 9.17) is 28.7 Å². The molecule has 27 heteroatoms. The van der Waals surface area contributed by atoms with Crippen molar-refractivity contribution >= 4 is 65.0 Å². The maximum Gasteiger partial charge on any atom is 0.326 e. The van der Waals surface area contributed by atoms with Crippen molar-refractivity contribution in [3.63, 3.8) is 0 Å². The summed E-state index contributed by atoms with van der Waals surface area (Å²) in [4.78, 5) is 146. The van der Waals surface area contributed by atoms with Crippen molar-refractivity contribution in [3.8, 4) is 5.75 Å². The Morgan fingerprint density at radius 3 is 1.39 bits per heavy atom. The van der Waals surface area contributed by atoms with Gasteiger partial charge in [-0.25, -0.2) is 4.79 Å². The number of primary amides is 2. The Morgan fingerprint density at radius 2 is 0.909 bits per heavy atom. The predicted octanol–water partition coefficient (Wildman–Crippen LogP) is -3.64. The van der Waals surface area contributed by atoms with Crippen LogP contribution in [0.5, 0.6) is 5.75 Å². The highest BCUT2D eigenvalue weighted by Gasteiger charge is 2.37. The van der Waals surface area contributed by atoms with Gasteiger partial charge < -0.3 is 86.5 Å². The monoisotopic (exact) mass is 1090 g/mol. The molecule has 0 aromatic heterocycles. The molecule has 0 aliphatic heterocycles. The topological polar surface area (TPSA) is 475 Å². The van der Waals surface area contributed by atoms with Crippen LogP contribution < -0.4 is 71.2 Å². The molecule has 1 rings (SSSR count). The molecule has 0 spiro atoms. The summed E-state index contributed by atoms with van der Waals surface area (Å²) in [7, 11) is 0. The first-order valence-corrected chi connectivity index (χ1v) is 25.9. The first-order valence-electron chi connectivity index (χ1n) is 25.9. The smallest absolute Gasteiger partial charge is 0.326 e. The summed E-state index contributed by atoms with van der Waals surface area (Å²) in [5, 5.41) is 49.6. The number of aliphatic hydroxyl groups excluding tert-OH is 1. The van der Waals surface area contributed by atoms with Crippen molar-refractivity contribution in [1.29, 1.82) is 0 Å². The molecule has 21 N–H and O–H groups in total. The minimum absolute atomic E-state index is 0.00733. The standard InChI is InChI=1S/C50H85N13O14/c1-7-28(6)41(49(75)60-34(21-27(4)5)45(71)61-37(50(76)77)24-40(55)67)63-48(74)38(25-64)62-47(73)36(23-39(54)66)59-44(70)33(20-26(2)3)57-46(72)35(22-29-14-16-30(65)17-15-29)58-43(69)32(13-9-11-19-52)56-42(68)31(53)12-8-10-18-51/h14-17,26-28,31-38,41,64-65H,7-13,18-25,51-53H2,1-6H3,(H2,54,66)(H2,55,67)(H,56,68)(H,57,72)(H,58,69)(H,59,70)(H,60,75)(H,61,71)(H,62,73)(H,63,74)(H,76,77). The molecule has 0 saturated heterocycles. The summed E-state index contributed by atoms with van der Waals surface area (Å²) in [6.07, 6.45) is 1.03. The number of hydrogen-bond acceptors (Lipinski definition) is 16. The van der Waals surface area contributed by atoms with Crippen molar-refractivity contribution in [3.05, 3.63) is 29.8 Å². The number of nitrogens with one attached hydrogen (secondary N) is 8. The van der Waals surface area contributed by atoms with Crippen LogP contribution in [0.3, 0.4) is 0 Å². The van der Waals surface area contributed by atoms with Crippen LogP contribution >= 0.6 is 0 Å². The molecule has 1 aromatic carbocycles. The van der Waals surface area contributed by atoms with Gasteiger partial charge in [0.05, 0.1) is 25.5 Å². The number of carbonyl (C=O) groups is 11. The van der Waals surface area contributed by atoms with Crippen molar-refractivity contribution < 1.29 is 68.1 Å². The van der Waals surface area contributed by atoms with Crippen LogP contribution in [0.1, 0.15) is 118 Å². The molecule has 10 unspecified atom stereocenters. The third kappa shape index (κ3) is 26.1. The van der Waals surface area contributed by atoms with E-state index in [1.807, 2.05) is 0 Å². The Morgan fingerprint density at radius 1 is 0.506 bits per heavy atom. The number of rotatable bonds is 38. The average Bonchev–Trinajstić information content (AvgIpc) is 3.35. The molecule has 0 fully saturated rings. The van der Waals surface area contributed by atoms with Crippen molar-refractivity contribution in [2.45, 2.75) is 173 Å². The highest BCUT2D eigenvalue weighted by Crippen LogP contribution is 2.15. The zero-order valence-electron chi connectivity index (χ0n) is 45.1. The van der Waals surface area contributed by atoms with E-state index in [1.54, 1.807) is 41.5 Å². The summed E-state index contributed by atoms with van der Waals surface area (Å²) in [6.45, 7) is 9.80. The quantitative estimate of drug-likeness (QED) is 0.0284. The third-order valence-electron chi connectivity index (χ3n) is 12.2. The molecular weight excluding hydrogens is 1010 g/mol. The lowest BCUT2D eigenvalue weighted by Crippen LogP contribution is -2.62. The molecular formula is C50H85N13O14. The summed E-state index contributed by atoms with van der Waals surface area (Å²) in [6, 6.07) is -7.33. The highest BCUT2D eigenvalue weighted by molar-refractivity contribution is 5.99. The van der Waals surface area contributed by atoms with E-state index >= 15 is 0 Å². The number of carboxylic acid groups (broad SMARTS) is 1. The van der Waals surface area contributed by atoms with Gasteiger partial charge in [-0.2, -0.15) is 0 Å². The molecule has 0 heterocycles. The van der Waals surface area contributed by atoms with Crippen LogP contribution in [0.25, 0.3) is 0 Å². The van der Waals surface area contributed by atoms with Crippen LogP contribution in [0.4, 0.5) is 0 Å². The second kappa shape index (κ2) is 35.4. The van der Waals surface area contributed by atoms with Gasteiger partial charge in [0, 0.05) is 6.42 Å². The van der Waals surface area contributed by atoms with E-state index in [1.165, 1.54) is 24.3 Å². The second-order valence-corrected chi connectivity index (χ2v) is 20.0. The summed E-state index contributed by atoms with van der Waals surface area (Å²) >= 11 is 0. The first-order chi connectivity index (χ1) is 36.2. The van der Waals surface area contributed by atoms with Crippen LogP contribution in [0.15, 0.2) is 24.3 Å². The van der Waals surface area contributed by atoms with E-state index < -0.39 is 145 Å². The number of carboxylic acids is 1. The van der Waals surface area contributed by atoms with Crippen LogP contribution in [0, 0.1) is 17.8 Å². The van der Waals surface area contributed by atoms with E-state index in [9.17, 15) is 68.1 Å². The van der Waals surface area contributed by atoms with Gasteiger partial charge >= 0.3 is 5.97 Å². The van der Waals surface area contributed by atoms with Gasteiger partial charge in [-0.15, -0.1) is 0 Å². The van der Waals surface area contributed by atoms with Gasteiger partial charge in [0.15, 0.2) is 0 Å². The van der Waals surface area contributed by atoms with Crippen LogP contribution in [0.2, 0.25) is 0 Å². The summed E-state index contributed by atoms with van der Waals surface area (Å²) < 4.78 is 0. The van der Waals surface area contributed by atoms with Gasteiger partial charge in [-0.1, -0.05) is 66.5 Å². The number of benzene rings is 1. The minimum atomic E-state index is -1.82. The van der Waals surface area contributed by atoms with E-state index in [0.29, 0.717) is 50.8 Å². The highest BCUT2D eigenvalue weighted by atomic mass is 16.4. The maximum atomic E-state index is 14.3. The fourth-order valence-corrected chi connectivity index (χ4v) is 7.75. The summed E-state index contributed by atoms with van der Waals surface area (Å²) in [5.74, 6) is -12.3. The lowest BCUT2D eigenvalue weighted by molar-refractivity contribution is -0.144. The molecule has 10 atom stereocenters. The lowest BCUT2D eigenvalue weighted by Gasteiger charge is -2.29. The fraction of sp³-hybridized carbons (Fsp3) is 0.660.